The number of nitrogens with two attached hydrogens (primary N) is 1. The topological polar surface area (TPSA) is 131 Å². The Morgan fingerprint density at radius 2 is 1.93 bits per heavy atom. The Bertz CT molecular complexity index is 917. The van der Waals surface area contributed by atoms with Gasteiger partial charge in [0.1, 0.15) is 0 Å². The van der Waals surface area contributed by atoms with Gasteiger partial charge in [0.2, 0.25) is 21.8 Å². The SMILES string of the molecule is CC(=O)Nc1ccc(S(=O)(=O)N(C)Cc2nc(C3(N)CCCC3)no2)cc1. The molecule has 0 radical (unpaired) electrons. The number of nitrogens with one attached hydrogen (secondary N) is 1. The number of hydrogen-bond donors (Lipinski definition) is 2. The van der Waals surface area contributed by atoms with Crippen LogP contribution in [0.2, 0.25) is 0 Å². The molecule has 1 aromatic heterocycles. The van der Waals surface area contributed by atoms with Crippen LogP contribution in [-0.4, -0.2) is 35.8 Å². The van der Waals surface area contributed by atoms with Crippen LogP contribution >= 0.6 is 0 Å². The van der Waals surface area contributed by atoms with Crippen molar-refractivity contribution in [1.82, 2.24) is 14.4 Å². The van der Waals surface area contributed by atoms with Crippen LogP contribution in [0, 0.1) is 0 Å². The molecule has 0 atom stereocenters. The van der Waals surface area contributed by atoms with E-state index < -0.39 is 15.6 Å². The van der Waals surface area contributed by atoms with E-state index in [0.29, 0.717) is 11.5 Å². The second-order valence-corrected chi connectivity index (χ2v) is 8.89. The minimum atomic E-state index is -3.75. The Morgan fingerprint density at radius 3 is 2.52 bits per heavy atom. The van der Waals surface area contributed by atoms with Crippen molar-refractivity contribution in [3.8, 4) is 0 Å². The van der Waals surface area contributed by atoms with Gasteiger partial charge in [-0.15, -0.1) is 0 Å². The van der Waals surface area contributed by atoms with Crippen LogP contribution in [-0.2, 0) is 26.9 Å². The smallest absolute Gasteiger partial charge is 0.243 e. The van der Waals surface area contributed by atoms with E-state index in [-0.39, 0.29) is 23.2 Å². The molecule has 1 aromatic carbocycles. The summed E-state index contributed by atoms with van der Waals surface area (Å²) in [5.74, 6) is 0.401. The van der Waals surface area contributed by atoms with Crippen molar-refractivity contribution in [2.45, 2.75) is 49.6 Å². The Kier molecular flexibility index (Phi) is 5.31. The van der Waals surface area contributed by atoms with Crippen molar-refractivity contribution >= 4 is 21.6 Å². The van der Waals surface area contributed by atoms with Crippen LogP contribution < -0.4 is 11.1 Å². The van der Waals surface area contributed by atoms with Gasteiger partial charge in [0.15, 0.2) is 5.82 Å². The summed E-state index contributed by atoms with van der Waals surface area (Å²) in [6.07, 6.45) is 3.62. The number of nitrogens with zero attached hydrogens (tertiary/aromatic N) is 3. The normalized spacial score (nSPS) is 16.6. The summed E-state index contributed by atoms with van der Waals surface area (Å²) in [5, 5.41) is 6.54. The number of benzene rings is 1. The van der Waals surface area contributed by atoms with E-state index in [1.807, 2.05) is 0 Å². The van der Waals surface area contributed by atoms with E-state index in [0.717, 1.165) is 30.0 Å². The number of sulfonamides is 1. The molecule has 9 nitrogen and oxygen atoms in total. The molecule has 0 bridgehead atoms. The predicted octanol–water partition coefficient (Wildman–Crippen LogP) is 1.58. The fourth-order valence-corrected chi connectivity index (χ4v) is 4.24. The van der Waals surface area contributed by atoms with Gasteiger partial charge in [-0.2, -0.15) is 9.29 Å². The minimum absolute atomic E-state index is 0.0567. The molecular weight excluding hydrogens is 370 g/mol. The van der Waals surface area contributed by atoms with Gasteiger partial charge in [0, 0.05) is 19.7 Å². The van der Waals surface area contributed by atoms with Crippen LogP contribution in [0.25, 0.3) is 0 Å². The lowest BCUT2D eigenvalue weighted by Crippen LogP contribution is -2.34. The number of amides is 1. The zero-order valence-electron chi connectivity index (χ0n) is 15.3. The van der Waals surface area contributed by atoms with Crippen molar-refractivity contribution in [3.63, 3.8) is 0 Å². The Morgan fingerprint density at radius 1 is 1.30 bits per heavy atom. The van der Waals surface area contributed by atoms with E-state index in [9.17, 15) is 13.2 Å². The molecule has 3 rings (SSSR count). The van der Waals surface area contributed by atoms with Gasteiger partial charge in [0.25, 0.3) is 0 Å². The van der Waals surface area contributed by atoms with Gasteiger partial charge in [0.05, 0.1) is 17.0 Å². The lowest BCUT2D eigenvalue weighted by atomic mass is 9.99. The van der Waals surface area contributed by atoms with E-state index in [4.69, 9.17) is 10.3 Å². The largest absolute Gasteiger partial charge is 0.338 e. The van der Waals surface area contributed by atoms with Crippen LogP contribution in [0.4, 0.5) is 5.69 Å². The van der Waals surface area contributed by atoms with Crippen molar-refractivity contribution in [3.05, 3.63) is 36.0 Å². The fraction of sp³-hybridized carbons (Fsp3) is 0.471. The zero-order valence-corrected chi connectivity index (χ0v) is 16.1. The number of hydrogen-bond acceptors (Lipinski definition) is 7. The monoisotopic (exact) mass is 393 g/mol. The first kappa shape index (κ1) is 19.5. The molecular formula is C17H23N5O4S. The molecule has 3 N–H and O–H groups in total. The average molecular weight is 393 g/mol. The first-order valence-corrected chi connectivity index (χ1v) is 10.1. The quantitative estimate of drug-likeness (QED) is 0.761. The zero-order chi connectivity index (χ0) is 19.7. The maximum Gasteiger partial charge on any atom is 0.243 e. The molecule has 1 aliphatic carbocycles. The fourth-order valence-electron chi connectivity index (χ4n) is 3.12. The van der Waals surface area contributed by atoms with E-state index in [2.05, 4.69) is 15.5 Å². The van der Waals surface area contributed by atoms with Crippen LogP contribution in [0.5, 0.6) is 0 Å². The van der Waals surface area contributed by atoms with E-state index in [1.165, 1.54) is 38.2 Å². The third-order valence-corrected chi connectivity index (χ3v) is 6.47. The molecule has 0 saturated heterocycles. The van der Waals surface area contributed by atoms with Crippen molar-refractivity contribution in [1.29, 1.82) is 0 Å². The highest BCUT2D eigenvalue weighted by Gasteiger charge is 2.36. The number of anilines is 1. The van der Waals surface area contributed by atoms with Crippen LogP contribution in [0.3, 0.4) is 0 Å². The first-order valence-electron chi connectivity index (χ1n) is 8.67. The summed E-state index contributed by atoms with van der Waals surface area (Å²) >= 11 is 0. The Hall–Kier alpha value is -2.30. The third kappa shape index (κ3) is 4.18. The van der Waals surface area contributed by atoms with E-state index >= 15 is 0 Å². The molecule has 0 unspecified atom stereocenters. The Balaban J connectivity index is 1.72. The van der Waals surface area contributed by atoms with Gasteiger partial charge in [-0.3, -0.25) is 4.79 Å². The second-order valence-electron chi connectivity index (χ2n) is 6.84. The lowest BCUT2D eigenvalue weighted by molar-refractivity contribution is -0.114. The summed E-state index contributed by atoms with van der Waals surface area (Å²) in [6.45, 7) is 1.33. The third-order valence-electron chi connectivity index (χ3n) is 4.65. The van der Waals surface area contributed by atoms with Crippen molar-refractivity contribution in [2.24, 2.45) is 5.73 Å². The summed E-state index contributed by atoms with van der Waals surface area (Å²) in [7, 11) is -2.31. The van der Waals surface area contributed by atoms with Gasteiger partial charge in [-0.05, 0) is 37.1 Å². The highest BCUT2D eigenvalue weighted by Crippen LogP contribution is 2.34. The molecule has 1 amide bonds. The second kappa shape index (κ2) is 7.37. The van der Waals surface area contributed by atoms with Gasteiger partial charge in [-0.1, -0.05) is 18.0 Å². The summed E-state index contributed by atoms with van der Waals surface area (Å²) in [6, 6.07) is 5.93. The maximum absolute atomic E-state index is 12.7. The van der Waals surface area contributed by atoms with Gasteiger partial charge in [-0.25, -0.2) is 8.42 Å². The van der Waals surface area contributed by atoms with Crippen LogP contribution in [0.15, 0.2) is 33.7 Å². The lowest BCUT2D eigenvalue weighted by Gasteiger charge is -2.18. The number of carbonyl (C=O) groups is 1. The number of aromatic nitrogens is 2. The standard InChI is InChI=1S/C17H23N5O4S/c1-12(23)19-13-5-7-14(8-6-13)27(24,25)22(2)11-15-20-16(21-26-15)17(18)9-3-4-10-17/h5-8H,3-4,9-11,18H2,1-2H3,(H,19,23). The van der Waals surface area contributed by atoms with Crippen molar-refractivity contribution in [2.75, 3.05) is 12.4 Å². The highest BCUT2D eigenvalue weighted by atomic mass is 32.2. The minimum Gasteiger partial charge on any atom is -0.338 e. The summed E-state index contributed by atoms with van der Waals surface area (Å²) in [5.41, 5.74) is 6.24. The van der Waals surface area contributed by atoms with Gasteiger partial charge >= 0.3 is 0 Å². The molecule has 1 saturated carbocycles. The molecule has 10 heteroatoms. The summed E-state index contributed by atoms with van der Waals surface area (Å²) in [4.78, 5) is 15.5. The number of carbonyl (C=O) groups excluding carboxylic acids is 1. The summed E-state index contributed by atoms with van der Waals surface area (Å²) < 4.78 is 31.8. The predicted molar refractivity (Wildman–Crippen MR) is 98.0 cm³/mol. The highest BCUT2D eigenvalue weighted by molar-refractivity contribution is 7.89. The Labute approximate surface area is 158 Å². The van der Waals surface area contributed by atoms with Crippen molar-refractivity contribution < 1.29 is 17.7 Å². The molecule has 0 spiro atoms. The molecule has 2 aromatic rings. The maximum atomic E-state index is 12.7. The van der Waals surface area contributed by atoms with E-state index in [1.54, 1.807) is 0 Å². The average Bonchev–Trinajstić information content (AvgIpc) is 3.25. The van der Waals surface area contributed by atoms with Crippen LogP contribution in [0.1, 0.15) is 44.3 Å². The molecule has 146 valence electrons. The van der Waals surface area contributed by atoms with Gasteiger partial charge < -0.3 is 15.6 Å². The molecule has 27 heavy (non-hydrogen) atoms. The number of rotatable bonds is 6. The molecule has 0 aliphatic heterocycles. The molecule has 1 heterocycles. The molecule has 1 aliphatic rings. The molecule has 1 fully saturated rings. The first-order chi connectivity index (χ1) is 12.7.